The lowest BCUT2D eigenvalue weighted by Gasteiger charge is -2.44. The first-order valence-electron chi connectivity index (χ1n) is 7.20. The van der Waals surface area contributed by atoms with E-state index in [1.54, 1.807) is 0 Å². The quantitative estimate of drug-likeness (QED) is 0.305. The first kappa shape index (κ1) is 18.7. The van der Waals surface area contributed by atoms with Gasteiger partial charge in [0, 0.05) is 31.1 Å². The second-order valence-corrected chi connectivity index (χ2v) is 8.22. The van der Waals surface area contributed by atoms with Crippen LogP contribution in [0.15, 0.2) is 0 Å². The van der Waals surface area contributed by atoms with E-state index in [1.807, 2.05) is 6.92 Å². The molecule has 0 saturated heterocycles. The molecule has 19 heavy (non-hydrogen) atoms. The van der Waals surface area contributed by atoms with E-state index in [0.717, 1.165) is 5.45 Å². The summed E-state index contributed by atoms with van der Waals surface area (Å²) in [5.74, 6) is 0. The first-order chi connectivity index (χ1) is 8.64. The van der Waals surface area contributed by atoms with Gasteiger partial charge in [-0.3, -0.25) is 9.34 Å². The van der Waals surface area contributed by atoms with E-state index >= 15 is 0 Å². The fourth-order valence-corrected chi connectivity index (χ4v) is 5.30. The monoisotopic (exact) mass is 286 g/mol. The molecule has 0 heterocycles. The van der Waals surface area contributed by atoms with Crippen LogP contribution in [0.5, 0.6) is 0 Å². The molecule has 0 rings (SSSR count). The maximum atomic E-state index is 9.28. The fraction of sp³-hybridized carbons (Fsp3) is 0.929. The lowest BCUT2D eigenvalue weighted by molar-refractivity contribution is -0.00223. The summed E-state index contributed by atoms with van der Waals surface area (Å²) < 4.78 is 4.93. The normalized spacial score (nSPS) is 12.6. The molecule has 4 nitrogen and oxygen atoms in total. The maximum absolute atomic E-state index is 9.28. The molecule has 0 aromatic rings. The summed E-state index contributed by atoms with van der Waals surface area (Å²) >= 11 is 0. The Morgan fingerprint density at radius 1 is 0.789 bits per heavy atom. The molecule has 0 unspecified atom stereocenters. The Hall–Kier alpha value is -0.270. The number of hydrogen-bond acceptors (Lipinski definition) is 2. The van der Waals surface area contributed by atoms with Crippen LogP contribution in [0.25, 0.3) is 5.53 Å². The first-order valence-corrected chi connectivity index (χ1v) is 8.45. The second kappa shape index (κ2) is 8.11. The molecule has 0 aromatic heterocycles. The van der Waals surface area contributed by atoms with Crippen molar-refractivity contribution in [1.29, 1.82) is 0 Å². The molecule has 0 atom stereocenters. The summed E-state index contributed by atoms with van der Waals surface area (Å²) in [5, 5.41) is 0. The van der Waals surface area contributed by atoms with E-state index < -0.39 is 8.22 Å². The SMILES string of the molecule is CC(=[N+]=[N-])P(N(C(C)C)C(C)C)N(C(C)C)C(C)C. The van der Waals surface area contributed by atoms with Crippen LogP contribution in [0.4, 0.5) is 0 Å². The highest BCUT2D eigenvalue weighted by molar-refractivity contribution is 7.70. The van der Waals surface area contributed by atoms with Crippen LogP contribution >= 0.6 is 8.22 Å². The zero-order chi connectivity index (χ0) is 15.3. The zero-order valence-electron chi connectivity index (χ0n) is 14.0. The summed E-state index contributed by atoms with van der Waals surface area (Å²) in [7, 11) is -0.740. The van der Waals surface area contributed by atoms with E-state index in [9.17, 15) is 5.53 Å². The summed E-state index contributed by atoms with van der Waals surface area (Å²) in [4.78, 5) is 3.52. The molecule has 0 saturated carbocycles. The Morgan fingerprint density at radius 2 is 1.05 bits per heavy atom. The van der Waals surface area contributed by atoms with Crippen molar-refractivity contribution >= 4 is 13.7 Å². The van der Waals surface area contributed by atoms with Gasteiger partial charge in [-0.1, -0.05) is 0 Å². The molecular formula is C14H31N4P. The molecule has 0 fully saturated rings. The van der Waals surface area contributed by atoms with Gasteiger partial charge in [0.05, 0.1) is 0 Å². The van der Waals surface area contributed by atoms with Crippen molar-refractivity contribution in [2.24, 2.45) is 0 Å². The van der Waals surface area contributed by atoms with Crippen LogP contribution in [0.1, 0.15) is 62.3 Å². The van der Waals surface area contributed by atoms with Crippen molar-refractivity contribution in [3.63, 3.8) is 0 Å². The largest absolute Gasteiger partial charge is 0.361 e. The minimum atomic E-state index is -0.740. The van der Waals surface area contributed by atoms with E-state index in [4.69, 9.17) is 0 Å². The van der Waals surface area contributed by atoms with Crippen molar-refractivity contribution in [3.8, 4) is 0 Å². The van der Waals surface area contributed by atoms with Crippen LogP contribution in [0, 0.1) is 0 Å². The Kier molecular flexibility index (Phi) is 8.00. The van der Waals surface area contributed by atoms with Gasteiger partial charge in [0.2, 0.25) is 0 Å². The van der Waals surface area contributed by atoms with Gasteiger partial charge >= 0.3 is 5.45 Å². The lowest BCUT2D eigenvalue weighted by Crippen LogP contribution is -2.44. The standard InChI is InChI=1S/C14H31N4P/c1-10(2)17(11(3)4)19(14(9)16-15)18(12(5)6)13(7)8/h10-13H,1-9H3. The van der Waals surface area contributed by atoms with Crippen LogP contribution < -0.4 is 0 Å². The molecule has 0 radical (unpaired) electrons. The van der Waals surface area contributed by atoms with Crippen molar-refractivity contribution in [2.45, 2.75) is 86.5 Å². The zero-order valence-corrected chi connectivity index (χ0v) is 14.9. The number of nitrogens with zero attached hydrogens (tertiary/aromatic N) is 4. The van der Waals surface area contributed by atoms with Crippen molar-refractivity contribution in [3.05, 3.63) is 5.53 Å². The molecule has 0 spiro atoms. The maximum Gasteiger partial charge on any atom is 0.314 e. The van der Waals surface area contributed by atoms with Crippen LogP contribution in [0.2, 0.25) is 0 Å². The molecule has 112 valence electrons. The third-order valence-corrected chi connectivity index (χ3v) is 6.38. The predicted molar refractivity (Wildman–Crippen MR) is 85.4 cm³/mol. The molecule has 0 aliphatic rings. The third kappa shape index (κ3) is 4.96. The summed E-state index contributed by atoms with van der Waals surface area (Å²) in [6.45, 7) is 19.6. The number of rotatable bonds is 7. The van der Waals surface area contributed by atoms with E-state index in [1.165, 1.54) is 0 Å². The highest BCUT2D eigenvalue weighted by atomic mass is 31.1. The predicted octanol–water partition coefficient (Wildman–Crippen LogP) is 4.18. The average Bonchev–Trinajstić information content (AvgIpc) is 2.24. The molecule has 0 bridgehead atoms. The Balaban J connectivity index is 5.71. The van der Waals surface area contributed by atoms with Crippen molar-refractivity contribution in [1.82, 2.24) is 9.34 Å². The highest BCUT2D eigenvalue weighted by Gasteiger charge is 2.38. The van der Waals surface area contributed by atoms with Gasteiger partial charge in [-0.2, -0.15) is 4.79 Å². The minimum absolute atomic E-state index is 0.419. The smallest absolute Gasteiger partial charge is 0.314 e. The van der Waals surface area contributed by atoms with E-state index in [2.05, 4.69) is 69.5 Å². The molecule has 0 aliphatic heterocycles. The molecule has 5 heteroatoms. The Morgan fingerprint density at radius 3 is 1.21 bits per heavy atom. The van der Waals surface area contributed by atoms with Crippen molar-refractivity contribution < 1.29 is 4.79 Å². The van der Waals surface area contributed by atoms with Crippen LogP contribution in [0.3, 0.4) is 0 Å². The van der Waals surface area contributed by atoms with Gasteiger partial charge < -0.3 is 5.53 Å². The molecule has 0 aromatic carbocycles. The Bertz CT molecular complexity index is 283. The summed E-state index contributed by atoms with van der Waals surface area (Å²) in [6.07, 6.45) is 0. The summed E-state index contributed by atoms with van der Waals surface area (Å²) in [5.41, 5.74) is 10.1. The van der Waals surface area contributed by atoms with Crippen LogP contribution in [-0.4, -0.2) is 43.8 Å². The van der Waals surface area contributed by atoms with Gasteiger partial charge in [-0.15, -0.1) is 0 Å². The van der Waals surface area contributed by atoms with Gasteiger partial charge in [-0.25, -0.2) is 0 Å². The van der Waals surface area contributed by atoms with E-state index in [-0.39, 0.29) is 0 Å². The molecule has 0 aliphatic carbocycles. The van der Waals surface area contributed by atoms with Gasteiger partial charge in [0.15, 0.2) is 8.22 Å². The average molecular weight is 286 g/mol. The van der Waals surface area contributed by atoms with Gasteiger partial charge in [-0.05, 0) is 55.4 Å². The van der Waals surface area contributed by atoms with Gasteiger partial charge in [0.25, 0.3) is 0 Å². The molecule has 0 amide bonds. The minimum Gasteiger partial charge on any atom is -0.361 e. The molecule has 0 N–H and O–H groups in total. The topological polar surface area (TPSA) is 42.9 Å². The highest BCUT2D eigenvalue weighted by Crippen LogP contribution is 2.50. The Labute approximate surface area is 120 Å². The fourth-order valence-electron chi connectivity index (χ4n) is 2.56. The van der Waals surface area contributed by atoms with Gasteiger partial charge in [0.1, 0.15) is 0 Å². The summed E-state index contributed by atoms with van der Waals surface area (Å²) in [6, 6.07) is 1.68. The van der Waals surface area contributed by atoms with E-state index in [0.29, 0.717) is 24.2 Å². The van der Waals surface area contributed by atoms with Crippen molar-refractivity contribution in [2.75, 3.05) is 0 Å². The van der Waals surface area contributed by atoms with Crippen LogP contribution in [-0.2, 0) is 0 Å². The third-order valence-electron chi connectivity index (χ3n) is 2.99. The number of hydrogen-bond donors (Lipinski definition) is 0. The second-order valence-electron chi connectivity index (χ2n) is 6.07. The lowest BCUT2D eigenvalue weighted by atomic mass is 10.3. The molecular weight excluding hydrogens is 255 g/mol.